The number of methoxy groups -OCH3 is 1. The summed E-state index contributed by atoms with van der Waals surface area (Å²) in [6.45, 7) is 6.08. The van der Waals surface area contributed by atoms with E-state index in [4.69, 9.17) is 29.2 Å². The van der Waals surface area contributed by atoms with E-state index in [0.29, 0.717) is 43.8 Å². The van der Waals surface area contributed by atoms with E-state index in [1.165, 1.54) is 12.8 Å². The molecular formula is C28H40N8O4. The lowest BCUT2D eigenvalue weighted by Gasteiger charge is -2.30. The van der Waals surface area contributed by atoms with E-state index in [-0.39, 0.29) is 12.5 Å². The van der Waals surface area contributed by atoms with Crippen molar-refractivity contribution in [3.63, 3.8) is 0 Å². The maximum atomic E-state index is 12.5. The van der Waals surface area contributed by atoms with Gasteiger partial charge in [0.2, 0.25) is 11.9 Å². The number of hydrogen-bond acceptors (Lipinski definition) is 11. The van der Waals surface area contributed by atoms with Crippen molar-refractivity contribution in [1.82, 2.24) is 19.9 Å². The molecule has 40 heavy (non-hydrogen) atoms. The average Bonchev–Trinajstić information content (AvgIpc) is 3.03. The number of aromatic nitrogens is 3. The maximum Gasteiger partial charge on any atom is 0.260 e. The van der Waals surface area contributed by atoms with Crippen LogP contribution in [-0.2, 0) is 9.53 Å². The highest BCUT2D eigenvalue weighted by atomic mass is 16.5. The van der Waals surface area contributed by atoms with E-state index in [1.54, 1.807) is 29.3 Å². The molecule has 0 spiro atoms. The van der Waals surface area contributed by atoms with Gasteiger partial charge in [-0.05, 0) is 62.3 Å². The number of hydrogen-bond donors (Lipinski definition) is 0. The second-order valence-corrected chi connectivity index (χ2v) is 10.3. The lowest BCUT2D eigenvalue weighted by atomic mass is 10.1. The summed E-state index contributed by atoms with van der Waals surface area (Å²) in [6, 6.07) is 5.50. The first-order chi connectivity index (χ1) is 19.6. The Labute approximate surface area is 235 Å². The molecule has 0 bridgehead atoms. The standard InChI is InChI=1S/C28H40N8O4/c1-33(26-30-27(35-11-5-3-6-12-35)32-28(31-26)36-13-7-4-8-14-36)29-20-22-9-10-23(24(19-22)38-2)40-21-25(37)34-15-17-39-18-16-34/h9-10,19-20H,3-8,11-18,21H2,1-2H3/b29-20+. The lowest BCUT2D eigenvalue weighted by Crippen LogP contribution is -2.43. The van der Waals surface area contributed by atoms with Crippen molar-refractivity contribution in [2.24, 2.45) is 5.10 Å². The van der Waals surface area contributed by atoms with Crippen molar-refractivity contribution in [3.8, 4) is 11.5 Å². The van der Waals surface area contributed by atoms with Gasteiger partial charge in [-0.25, -0.2) is 5.01 Å². The van der Waals surface area contributed by atoms with Gasteiger partial charge in [0.05, 0.1) is 26.5 Å². The second-order valence-electron chi connectivity index (χ2n) is 10.3. The van der Waals surface area contributed by atoms with Crippen LogP contribution in [0.5, 0.6) is 11.5 Å². The van der Waals surface area contributed by atoms with E-state index in [9.17, 15) is 4.79 Å². The molecule has 4 heterocycles. The van der Waals surface area contributed by atoms with Crippen molar-refractivity contribution >= 4 is 30.0 Å². The number of ether oxygens (including phenoxy) is 3. The Bertz CT molecular complexity index is 1120. The van der Waals surface area contributed by atoms with Crippen molar-refractivity contribution < 1.29 is 19.0 Å². The molecule has 12 heteroatoms. The Morgan fingerprint density at radius 1 is 0.925 bits per heavy atom. The van der Waals surface area contributed by atoms with Crippen LogP contribution in [0.2, 0.25) is 0 Å². The third-order valence-corrected chi connectivity index (χ3v) is 7.45. The number of amides is 1. The van der Waals surface area contributed by atoms with E-state index < -0.39 is 0 Å². The Kier molecular flexibility index (Phi) is 9.48. The van der Waals surface area contributed by atoms with Crippen LogP contribution in [0.25, 0.3) is 0 Å². The van der Waals surface area contributed by atoms with Crippen LogP contribution in [-0.4, -0.2) is 105 Å². The molecule has 1 amide bonds. The zero-order valence-electron chi connectivity index (χ0n) is 23.6. The number of carbonyl (C=O) groups excluding carboxylic acids is 1. The predicted octanol–water partition coefficient (Wildman–Crippen LogP) is 2.57. The third kappa shape index (κ3) is 7.09. The van der Waals surface area contributed by atoms with Crippen LogP contribution in [0.15, 0.2) is 23.3 Å². The molecule has 0 unspecified atom stereocenters. The van der Waals surface area contributed by atoms with Gasteiger partial charge in [0.25, 0.3) is 11.9 Å². The fourth-order valence-electron chi connectivity index (χ4n) is 5.09. The molecule has 3 fully saturated rings. The summed E-state index contributed by atoms with van der Waals surface area (Å²) in [4.78, 5) is 33.2. The lowest BCUT2D eigenvalue weighted by molar-refractivity contribution is -0.137. The smallest absolute Gasteiger partial charge is 0.260 e. The van der Waals surface area contributed by atoms with E-state index in [0.717, 1.165) is 69.3 Å². The summed E-state index contributed by atoms with van der Waals surface area (Å²) in [6.07, 6.45) is 8.82. The minimum Gasteiger partial charge on any atom is -0.493 e. The number of benzene rings is 1. The van der Waals surface area contributed by atoms with Crippen molar-refractivity contribution in [3.05, 3.63) is 23.8 Å². The van der Waals surface area contributed by atoms with Gasteiger partial charge in [0.15, 0.2) is 18.1 Å². The largest absolute Gasteiger partial charge is 0.493 e. The average molecular weight is 553 g/mol. The molecule has 1 aromatic carbocycles. The number of nitrogens with zero attached hydrogens (tertiary/aromatic N) is 8. The molecule has 5 rings (SSSR count). The summed E-state index contributed by atoms with van der Waals surface area (Å²) >= 11 is 0. The summed E-state index contributed by atoms with van der Waals surface area (Å²) in [5.41, 5.74) is 0.817. The second kappa shape index (κ2) is 13.6. The zero-order valence-corrected chi connectivity index (χ0v) is 23.6. The third-order valence-electron chi connectivity index (χ3n) is 7.45. The molecule has 0 radical (unpaired) electrons. The van der Waals surface area contributed by atoms with Crippen molar-refractivity contribution in [2.45, 2.75) is 38.5 Å². The van der Waals surface area contributed by atoms with Crippen LogP contribution < -0.4 is 24.3 Å². The van der Waals surface area contributed by atoms with Crippen LogP contribution >= 0.6 is 0 Å². The first-order valence-electron chi connectivity index (χ1n) is 14.3. The molecule has 0 atom stereocenters. The Hall–Kier alpha value is -3.67. The highest BCUT2D eigenvalue weighted by Crippen LogP contribution is 2.28. The quantitative estimate of drug-likeness (QED) is 0.340. The molecule has 0 saturated carbocycles. The zero-order chi connectivity index (χ0) is 27.7. The van der Waals surface area contributed by atoms with Gasteiger partial charge >= 0.3 is 0 Å². The van der Waals surface area contributed by atoms with Gasteiger partial charge < -0.3 is 28.9 Å². The fraction of sp³-hybridized carbons (Fsp3) is 0.607. The molecule has 1 aromatic heterocycles. The van der Waals surface area contributed by atoms with Gasteiger partial charge in [-0.15, -0.1) is 0 Å². The van der Waals surface area contributed by atoms with Crippen LogP contribution in [0.3, 0.4) is 0 Å². The summed E-state index contributed by atoms with van der Waals surface area (Å²) in [7, 11) is 3.42. The number of piperidine rings is 2. The summed E-state index contributed by atoms with van der Waals surface area (Å²) in [5, 5.41) is 6.31. The normalized spacial score (nSPS) is 18.2. The molecule has 0 aliphatic carbocycles. The molecule has 2 aromatic rings. The van der Waals surface area contributed by atoms with Crippen LogP contribution in [0.4, 0.5) is 17.8 Å². The highest BCUT2D eigenvalue weighted by Gasteiger charge is 2.22. The molecule has 216 valence electrons. The predicted molar refractivity (Wildman–Crippen MR) is 154 cm³/mol. The number of morpholine rings is 1. The number of hydrazone groups is 1. The van der Waals surface area contributed by atoms with Crippen LogP contribution in [0.1, 0.15) is 44.1 Å². The monoisotopic (exact) mass is 552 g/mol. The van der Waals surface area contributed by atoms with Gasteiger partial charge in [-0.3, -0.25) is 4.79 Å². The maximum absolute atomic E-state index is 12.5. The first-order valence-corrected chi connectivity index (χ1v) is 14.3. The molecule has 3 aliphatic heterocycles. The number of rotatable bonds is 9. The fourth-order valence-corrected chi connectivity index (χ4v) is 5.09. The molecule has 3 aliphatic rings. The highest BCUT2D eigenvalue weighted by molar-refractivity contribution is 5.82. The molecule has 3 saturated heterocycles. The van der Waals surface area contributed by atoms with Crippen molar-refractivity contribution in [1.29, 1.82) is 0 Å². The minimum atomic E-state index is -0.0668. The molecule has 12 nitrogen and oxygen atoms in total. The molecule has 0 N–H and O–H groups in total. The number of anilines is 3. The minimum absolute atomic E-state index is 0.0510. The van der Waals surface area contributed by atoms with Gasteiger partial charge in [0, 0.05) is 46.3 Å². The van der Waals surface area contributed by atoms with Gasteiger partial charge in [-0.1, -0.05) is 0 Å². The Balaban J connectivity index is 1.28. The van der Waals surface area contributed by atoms with E-state index in [2.05, 4.69) is 14.9 Å². The first kappa shape index (κ1) is 27.9. The van der Waals surface area contributed by atoms with Gasteiger partial charge in [0.1, 0.15) is 0 Å². The number of carbonyl (C=O) groups is 1. The Morgan fingerprint density at radius 2 is 1.55 bits per heavy atom. The SMILES string of the molecule is COc1cc(/C=N/N(C)c2nc(N3CCCCC3)nc(N3CCCCC3)n2)ccc1OCC(=O)N1CCOCC1. The summed E-state index contributed by atoms with van der Waals surface area (Å²) < 4.78 is 16.6. The van der Waals surface area contributed by atoms with Crippen LogP contribution in [0, 0.1) is 0 Å². The Morgan fingerprint density at radius 3 is 2.15 bits per heavy atom. The topological polar surface area (TPSA) is 109 Å². The summed E-state index contributed by atoms with van der Waals surface area (Å²) in [5.74, 6) is 2.93. The molecular weight excluding hydrogens is 512 g/mol. The van der Waals surface area contributed by atoms with Crippen molar-refractivity contribution in [2.75, 3.05) is 88.1 Å². The van der Waals surface area contributed by atoms with Gasteiger partial charge in [-0.2, -0.15) is 20.1 Å². The van der Waals surface area contributed by atoms with E-state index >= 15 is 0 Å². The van der Waals surface area contributed by atoms with E-state index in [1.807, 2.05) is 19.2 Å².